The van der Waals surface area contributed by atoms with E-state index in [4.69, 9.17) is 0 Å². The third-order valence-corrected chi connectivity index (χ3v) is 6.85. The molecule has 1 aliphatic heterocycles. The Morgan fingerprint density at radius 3 is 2.27 bits per heavy atom. The van der Waals surface area contributed by atoms with Crippen LogP contribution < -0.4 is 9.80 Å². The summed E-state index contributed by atoms with van der Waals surface area (Å²) >= 11 is 0. The molecule has 0 spiro atoms. The number of benzene rings is 4. The van der Waals surface area contributed by atoms with Crippen molar-refractivity contribution in [1.82, 2.24) is 4.40 Å². The molecule has 2 aromatic heterocycles. The van der Waals surface area contributed by atoms with Crippen molar-refractivity contribution in [2.24, 2.45) is 0 Å². The minimum absolute atomic E-state index is 0.873. The first-order valence-corrected chi connectivity index (χ1v) is 10.5. The Hall–Kier alpha value is -3.72. The lowest BCUT2D eigenvalue weighted by Gasteiger charge is -2.22. The predicted molar refractivity (Wildman–Crippen MR) is 128 cm³/mol. The zero-order valence-corrected chi connectivity index (χ0v) is 17.1. The topological polar surface area (TPSA) is 10.9 Å². The molecule has 3 heteroatoms. The van der Waals surface area contributed by atoms with Gasteiger partial charge >= 0.3 is 0 Å². The number of para-hydroxylation sites is 4. The van der Waals surface area contributed by atoms with E-state index in [1.165, 1.54) is 60.7 Å². The van der Waals surface area contributed by atoms with Gasteiger partial charge in [-0.25, -0.2) is 0 Å². The van der Waals surface area contributed by atoms with Crippen molar-refractivity contribution >= 4 is 55.2 Å². The van der Waals surface area contributed by atoms with E-state index in [0.717, 1.165) is 6.67 Å². The lowest BCUT2D eigenvalue weighted by atomic mass is 10.0. The van der Waals surface area contributed by atoms with E-state index < -0.39 is 0 Å². The van der Waals surface area contributed by atoms with Crippen LogP contribution in [-0.4, -0.2) is 18.1 Å². The number of nitrogens with zero attached hydrogens (tertiary/aromatic N) is 3. The normalized spacial score (nSPS) is 14.1. The largest absolute Gasteiger partial charge is 0.355 e. The van der Waals surface area contributed by atoms with Crippen molar-refractivity contribution in [1.29, 1.82) is 0 Å². The lowest BCUT2D eigenvalue weighted by Crippen LogP contribution is -2.24. The molecule has 144 valence electrons. The highest BCUT2D eigenvalue weighted by Crippen LogP contribution is 2.45. The van der Waals surface area contributed by atoms with Crippen LogP contribution in [0, 0.1) is 6.92 Å². The molecule has 0 unspecified atom stereocenters. The summed E-state index contributed by atoms with van der Waals surface area (Å²) in [5.74, 6) is 0. The second-order valence-corrected chi connectivity index (χ2v) is 8.41. The number of rotatable bonds is 1. The highest BCUT2D eigenvalue weighted by Gasteiger charge is 2.27. The average molecular weight is 387 g/mol. The van der Waals surface area contributed by atoms with Crippen LogP contribution in [0.15, 0.2) is 78.9 Å². The molecule has 0 radical (unpaired) electrons. The molecule has 6 aromatic rings. The summed E-state index contributed by atoms with van der Waals surface area (Å²) < 4.78 is 2.45. The second-order valence-electron chi connectivity index (χ2n) is 8.41. The zero-order valence-electron chi connectivity index (χ0n) is 17.1. The van der Waals surface area contributed by atoms with Crippen LogP contribution in [0.4, 0.5) is 17.1 Å². The molecule has 0 N–H and O–H groups in total. The number of hydrogen-bond donors (Lipinski definition) is 0. The van der Waals surface area contributed by atoms with Crippen molar-refractivity contribution in [3.63, 3.8) is 0 Å². The molecular weight excluding hydrogens is 366 g/mol. The molecule has 4 aromatic carbocycles. The maximum Gasteiger partial charge on any atom is 0.0950 e. The third kappa shape index (κ3) is 1.81. The SMILES string of the molecule is Cc1c(N2CN(C)c3ccccc32)ccc2c1c1cccc3c4ccccc4n2c31. The summed E-state index contributed by atoms with van der Waals surface area (Å²) in [4.78, 5) is 4.76. The summed E-state index contributed by atoms with van der Waals surface area (Å²) in [6.45, 7) is 3.15. The summed E-state index contributed by atoms with van der Waals surface area (Å²) in [5, 5.41) is 5.38. The summed E-state index contributed by atoms with van der Waals surface area (Å²) in [5.41, 5.74) is 9.13. The van der Waals surface area contributed by atoms with Crippen LogP contribution in [0.5, 0.6) is 0 Å². The van der Waals surface area contributed by atoms with E-state index in [1.54, 1.807) is 0 Å². The molecule has 1 aliphatic rings. The maximum absolute atomic E-state index is 2.45. The van der Waals surface area contributed by atoms with Gasteiger partial charge in [-0.1, -0.05) is 48.5 Å². The first-order chi connectivity index (χ1) is 14.7. The maximum atomic E-state index is 2.45. The van der Waals surface area contributed by atoms with Gasteiger partial charge in [0.05, 0.1) is 34.6 Å². The summed E-state index contributed by atoms with van der Waals surface area (Å²) in [6, 6.07) is 28.8. The number of anilines is 3. The van der Waals surface area contributed by atoms with Gasteiger partial charge in [-0.15, -0.1) is 0 Å². The van der Waals surface area contributed by atoms with E-state index in [-0.39, 0.29) is 0 Å². The predicted octanol–water partition coefficient (Wildman–Crippen LogP) is 6.69. The number of aromatic nitrogens is 1. The fraction of sp³-hybridized carbons (Fsp3) is 0.111. The van der Waals surface area contributed by atoms with Gasteiger partial charge in [-0.3, -0.25) is 0 Å². The van der Waals surface area contributed by atoms with Crippen molar-refractivity contribution in [2.75, 3.05) is 23.5 Å². The summed E-state index contributed by atoms with van der Waals surface area (Å²) in [6.07, 6.45) is 0. The van der Waals surface area contributed by atoms with Gasteiger partial charge in [0.15, 0.2) is 0 Å². The highest BCUT2D eigenvalue weighted by atomic mass is 15.4. The minimum atomic E-state index is 0.873. The monoisotopic (exact) mass is 387 g/mol. The fourth-order valence-electron chi connectivity index (χ4n) is 5.56. The molecular formula is C27H21N3. The van der Waals surface area contributed by atoms with Crippen LogP contribution in [-0.2, 0) is 0 Å². The molecule has 0 aliphatic carbocycles. The quantitative estimate of drug-likeness (QED) is 0.311. The van der Waals surface area contributed by atoms with Crippen LogP contribution in [0.25, 0.3) is 38.1 Å². The number of hydrogen-bond acceptors (Lipinski definition) is 2. The molecule has 0 saturated heterocycles. The Morgan fingerprint density at radius 2 is 1.37 bits per heavy atom. The molecule has 3 heterocycles. The average Bonchev–Trinajstić information content (AvgIpc) is 3.41. The molecule has 0 saturated carbocycles. The van der Waals surface area contributed by atoms with Crippen LogP contribution in [0.1, 0.15) is 5.56 Å². The van der Waals surface area contributed by atoms with Gasteiger partial charge in [0.1, 0.15) is 0 Å². The number of fused-ring (bicyclic) bond motifs is 7. The third-order valence-electron chi connectivity index (χ3n) is 6.85. The van der Waals surface area contributed by atoms with Crippen LogP contribution in [0.3, 0.4) is 0 Å². The molecule has 30 heavy (non-hydrogen) atoms. The van der Waals surface area contributed by atoms with Crippen molar-refractivity contribution in [2.45, 2.75) is 6.92 Å². The molecule has 3 nitrogen and oxygen atoms in total. The molecule has 0 atom stereocenters. The highest BCUT2D eigenvalue weighted by molar-refractivity contribution is 6.24. The van der Waals surface area contributed by atoms with Gasteiger partial charge in [0, 0.05) is 34.3 Å². The van der Waals surface area contributed by atoms with E-state index in [2.05, 4.69) is 107 Å². The minimum Gasteiger partial charge on any atom is -0.355 e. The standard InChI is InChI=1S/C27H21N3/c1-17-21(29-16-28(2)23-12-5-6-13-24(23)29)14-15-25-26(17)20-10-7-9-19-18-8-3-4-11-22(18)30(25)27(19)20/h3-15H,16H2,1-2H3. The Labute approximate surface area is 174 Å². The Kier molecular flexibility index (Phi) is 2.93. The smallest absolute Gasteiger partial charge is 0.0950 e. The Balaban J connectivity index is 1.59. The van der Waals surface area contributed by atoms with Crippen LogP contribution >= 0.6 is 0 Å². The van der Waals surface area contributed by atoms with Gasteiger partial charge < -0.3 is 14.2 Å². The molecule has 0 amide bonds. The lowest BCUT2D eigenvalue weighted by molar-refractivity contribution is 0.947. The first kappa shape index (κ1) is 16.1. The molecule has 0 fully saturated rings. The van der Waals surface area contributed by atoms with Gasteiger partial charge in [0.25, 0.3) is 0 Å². The van der Waals surface area contributed by atoms with E-state index in [1.807, 2.05) is 0 Å². The Morgan fingerprint density at radius 1 is 0.633 bits per heavy atom. The number of aryl methyl sites for hydroxylation is 1. The van der Waals surface area contributed by atoms with Crippen molar-refractivity contribution < 1.29 is 0 Å². The zero-order chi connectivity index (χ0) is 20.0. The first-order valence-electron chi connectivity index (χ1n) is 10.5. The van der Waals surface area contributed by atoms with Crippen LogP contribution in [0.2, 0.25) is 0 Å². The Bertz CT molecular complexity index is 1610. The van der Waals surface area contributed by atoms with E-state index in [9.17, 15) is 0 Å². The van der Waals surface area contributed by atoms with E-state index in [0.29, 0.717) is 0 Å². The van der Waals surface area contributed by atoms with Gasteiger partial charge in [-0.05, 0) is 42.8 Å². The fourth-order valence-corrected chi connectivity index (χ4v) is 5.56. The molecule has 0 bridgehead atoms. The van der Waals surface area contributed by atoms with Gasteiger partial charge in [0.2, 0.25) is 0 Å². The second kappa shape index (κ2) is 5.45. The van der Waals surface area contributed by atoms with Gasteiger partial charge in [-0.2, -0.15) is 0 Å². The van der Waals surface area contributed by atoms with E-state index >= 15 is 0 Å². The van der Waals surface area contributed by atoms with Crippen molar-refractivity contribution in [3.8, 4) is 0 Å². The summed E-state index contributed by atoms with van der Waals surface area (Å²) in [7, 11) is 2.17. The molecule has 7 rings (SSSR count). The van der Waals surface area contributed by atoms with Crippen molar-refractivity contribution in [3.05, 3.63) is 84.4 Å².